The van der Waals surface area contributed by atoms with Gasteiger partial charge in [-0.2, -0.15) is 0 Å². The van der Waals surface area contributed by atoms with Gasteiger partial charge in [-0.15, -0.1) is 0 Å². The van der Waals surface area contributed by atoms with Gasteiger partial charge in [0, 0.05) is 30.3 Å². The van der Waals surface area contributed by atoms with Crippen LogP contribution in [0.5, 0.6) is 0 Å². The van der Waals surface area contributed by atoms with Crippen LogP contribution in [0.4, 0.5) is 5.69 Å². The maximum atomic E-state index is 12.2. The van der Waals surface area contributed by atoms with Crippen molar-refractivity contribution in [3.8, 4) is 0 Å². The Morgan fingerprint density at radius 2 is 1.88 bits per heavy atom. The van der Waals surface area contributed by atoms with Crippen molar-refractivity contribution in [3.63, 3.8) is 0 Å². The van der Waals surface area contributed by atoms with Crippen molar-refractivity contribution < 1.29 is 19.4 Å². The molecule has 9 heteroatoms. The topological polar surface area (TPSA) is 105 Å². The van der Waals surface area contributed by atoms with E-state index in [-0.39, 0.29) is 17.9 Å². The van der Waals surface area contributed by atoms with Gasteiger partial charge in [0.05, 0.1) is 25.6 Å². The van der Waals surface area contributed by atoms with Crippen LogP contribution in [0.3, 0.4) is 0 Å². The second-order valence-electron chi connectivity index (χ2n) is 5.65. The number of rotatable bonds is 5. The molecule has 0 saturated carbocycles. The molecule has 1 saturated heterocycles. The van der Waals surface area contributed by atoms with E-state index in [0.29, 0.717) is 18.2 Å². The van der Waals surface area contributed by atoms with Crippen molar-refractivity contribution in [2.24, 2.45) is 0 Å². The highest BCUT2D eigenvalue weighted by Crippen LogP contribution is 2.25. The molecule has 1 aliphatic rings. The summed E-state index contributed by atoms with van der Waals surface area (Å²) in [6.45, 7) is 3.10. The number of ether oxygens (including phenoxy) is 1. The minimum absolute atomic E-state index is 0.0463. The van der Waals surface area contributed by atoms with Gasteiger partial charge in [-0.3, -0.25) is 4.79 Å². The van der Waals surface area contributed by atoms with Gasteiger partial charge in [-0.1, -0.05) is 11.6 Å². The highest BCUT2D eigenvalue weighted by Gasteiger charge is 2.16. The Balaban J connectivity index is 1.71. The summed E-state index contributed by atoms with van der Waals surface area (Å²) in [5, 5.41) is 12.2. The van der Waals surface area contributed by atoms with Crippen LogP contribution in [0, 0.1) is 0 Å². The predicted molar refractivity (Wildman–Crippen MR) is 94.6 cm³/mol. The molecule has 3 rings (SSSR count). The normalized spacial score (nSPS) is 14.1. The van der Waals surface area contributed by atoms with E-state index in [9.17, 15) is 9.59 Å². The number of morpholine rings is 1. The molecule has 0 atom stereocenters. The lowest BCUT2D eigenvalue weighted by atomic mass is 10.1. The summed E-state index contributed by atoms with van der Waals surface area (Å²) >= 11 is 6.10. The van der Waals surface area contributed by atoms with E-state index in [4.69, 9.17) is 21.4 Å². The number of carbonyl (C=O) groups is 2. The maximum absolute atomic E-state index is 12.2. The number of anilines is 1. The summed E-state index contributed by atoms with van der Waals surface area (Å²) in [6, 6.07) is 5.55. The number of aromatic carboxylic acids is 1. The first-order valence-corrected chi connectivity index (χ1v) is 8.37. The molecule has 0 radical (unpaired) electrons. The average molecular weight is 377 g/mol. The number of nitrogens with zero attached hydrogens (tertiary/aromatic N) is 3. The Kier molecular flexibility index (Phi) is 5.65. The number of nitrogens with one attached hydrogen (secondary N) is 1. The molecular formula is C17H17ClN4O4. The van der Waals surface area contributed by atoms with Crippen LogP contribution >= 0.6 is 11.6 Å². The molecule has 1 aliphatic heterocycles. The van der Waals surface area contributed by atoms with Gasteiger partial charge in [-0.25, -0.2) is 14.8 Å². The molecule has 2 N–H and O–H groups in total. The van der Waals surface area contributed by atoms with E-state index in [1.807, 2.05) is 18.2 Å². The number of hydrogen-bond acceptors (Lipinski definition) is 6. The van der Waals surface area contributed by atoms with Crippen molar-refractivity contribution in [2.45, 2.75) is 6.54 Å². The molecule has 136 valence electrons. The molecule has 2 aromatic rings. The molecule has 0 aliphatic carbocycles. The number of carboxylic acids is 1. The first-order valence-electron chi connectivity index (χ1n) is 7.99. The highest BCUT2D eigenvalue weighted by molar-refractivity contribution is 6.30. The van der Waals surface area contributed by atoms with Crippen molar-refractivity contribution in [2.75, 3.05) is 31.2 Å². The van der Waals surface area contributed by atoms with E-state index >= 15 is 0 Å². The third-order valence-electron chi connectivity index (χ3n) is 3.94. The predicted octanol–water partition coefficient (Wildman–Crippen LogP) is 1.59. The Labute approximate surface area is 154 Å². The largest absolute Gasteiger partial charge is 0.476 e. The second-order valence-corrected chi connectivity index (χ2v) is 6.08. The van der Waals surface area contributed by atoms with Crippen LogP contribution in [0.15, 0.2) is 30.6 Å². The molecule has 0 spiro atoms. The number of amides is 1. The van der Waals surface area contributed by atoms with Crippen molar-refractivity contribution in [1.82, 2.24) is 15.3 Å². The van der Waals surface area contributed by atoms with Crippen LogP contribution in [0.1, 0.15) is 26.5 Å². The van der Waals surface area contributed by atoms with E-state index in [0.717, 1.165) is 36.7 Å². The van der Waals surface area contributed by atoms with E-state index in [2.05, 4.69) is 20.2 Å². The number of aromatic nitrogens is 2. The summed E-state index contributed by atoms with van der Waals surface area (Å²) < 4.78 is 5.37. The summed E-state index contributed by atoms with van der Waals surface area (Å²) in [6.07, 6.45) is 2.19. The van der Waals surface area contributed by atoms with Gasteiger partial charge in [0.2, 0.25) is 0 Å². The summed E-state index contributed by atoms with van der Waals surface area (Å²) in [5.41, 5.74) is 1.70. The lowest BCUT2D eigenvalue weighted by molar-refractivity contribution is 0.0689. The summed E-state index contributed by atoms with van der Waals surface area (Å²) in [4.78, 5) is 32.7. The third-order valence-corrected chi connectivity index (χ3v) is 4.17. The summed E-state index contributed by atoms with van der Waals surface area (Å²) in [5.74, 6) is -1.64. The molecule has 1 amide bonds. The number of halogens is 1. The van der Waals surface area contributed by atoms with Crippen LogP contribution < -0.4 is 10.2 Å². The molecule has 8 nitrogen and oxygen atoms in total. The molecule has 0 unspecified atom stereocenters. The van der Waals surface area contributed by atoms with Crippen molar-refractivity contribution >= 4 is 29.2 Å². The smallest absolute Gasteiger partial charge is 0.356 e. The number of hydrogen-bond donors (Lipinski definition) is 2. The minimum Gasteiger partial charge on any atom is -0.476 e. The standard InChI is InChI=1S/C17H17ClN4O4/c18-12-1-2-15(22-3-5-26-6-4-22)11(7-12)8-21-16(23)13-9-20-14(10-19-13)17(24)25/h1-2,7,9-10H,3-6,8H2,(H,21,23)(H,24,25). The summed E-state index contributed by atoms with van der Waals surface area (Å²) in [7, 11) is 0. The molecule has 1 aromatic carbocycles. The van der Waals surface area contributed by atoms with E-state index in [1.165, 1.54) is 0 Å². The van der Waals surface area contributed by atoms with Crippen LogP contribution in [0.25, 0.3) is 0 Å². The zero-order valence-electron chi connectivity index (χ0n) is 13.8. The Hall–Kier alpha value is -2.71. The van der Waals surface area contributed by atoms with Gasteiger partial charge >= 0.3 is 5.97 Å². The van der Waals surface area contributed by atoms with Crippen LogP contribution in [0.2, 0.25) is 5.02 Å². The number of carbonyl (C=O) groups excluding carboxylic acids is 1. The molecular weight excluding hydrogens is 360 g/mol. The zero-order valence-corrected chi connectivity index (χ0v) is 14.6. The maximum Gasteiger partial charge on any atom is 0.356 e. The number of carboxylic acid groups (broad SMARTS) is 1. The molecule has 0 bridgehead atoms. The van der Waals surface area contributed by atoms with Gasteiger partial charge in [0.25, 0.3) is 5.91 Å². The Morgan fingerprint density at radius 1 is 1.19 bits per heavy atom. The average Bonchev–Trinajstić information content (AvgIpc) is 2.67. The minimum atomic E-state index is -1.20. The van der Waals surface area contributed by atoms with Gasteiger partial charge in [-0.05, 0) is 23.8 Å². The van der Waals surface area contributed by atoms with Gasteiger partial charge in [0.15, 0.2) is 5.69 Å². The lowest BCUT2D eigenvalue weighted by Gasteiger charge is -2.30. The Bertz CT molecular complexity index is 807. The molecule has 26 heavy (non-hydrogen) atoms. The third kappa shape index (κ3) is 4.27. The first-order chi connectivity index (χ1) is 12.5. The fraction of sp³-hybridized carbons (Fsp3) is 0.294. The first kappa shape index (κ1) is 18.1. The van der Waals surface area contributed by atoms with E-state index in [1.54, 1.807) is 0 Å². The molecule has 1 fully saturated rings. The second kappa shape index (κ2) is 8.11. The fourth-order valence-electron chi connectivity index (χ4n) is 2.63. The highest BCUT2D eigenvalue weighted by atomic mass is 35.5. The number of benzene rings is 1. The fourth-order valence-corrected chi connectivity index (χ4v) is 2.82. The van der Waals surface area contributed by atoms with Crippen molar-refractivity contribution in [3.05, 3.63) is 52.6 Å². The van der Waals surface area contributed by atoms with Crippen LogP contribution in [-0.2, 0) is 11.3 Å². The molecule has 1 aromatic heterocycles. The lowest BCUT2D eigenvalue weighted by Crippen LogP contribution is -2.37. The Morgan fingerprint density at radius 3 is 2.54 bits per heavy atom. The van der Waals surface area contributed by atoms with Crippen molar-refractivity contribution in [1.29, 1.82) is 0 Å². The van der Waals surface area contributed by atoms with Gasteiger partial charge in [0.1, 0.15) is 5.69 Å². The zero-order chi connectivity index (χ0) is 18.5. The monoisotopic (exact) mass is 376 g/mol. The molecule has 2 heterocycles. The van der Waals surface area contributed by atoms with Gasteiger partial charge < -0.3 is 20.1 Å². The van der Waals surface area contributed by atoms with E-state index < -0.39 is 11.9 Å². The van der Waals surface area contributed by atoms with Crippen LogP contribution in [-0.4, -0.2) is 53.3 Å². The SMILES string of the molecule is O=C(O)c1cnc(C(=O)NCc2cc(Cl)ccc2N2CCOCC2)cn1. The quantitative estimate of drug-likeness (QED) is 0.816.